The van der Waals surface area contributed by atoms with Gasteiger partial charge in [-0.3, -0.25) is 0 Å². The third-order valence-electron chi connectivity index (χ3n) is 14.7. The van der Waals surface area contributed by atoms with Crippen LogP contribution >= 0.6 is 0 Å². The quantitative estimate of drug-likeness (QED) is 0.124. The van der Waals surface area contributed by atoms with Crippen molar-refractivity contribution >= 4 is 99.0 Å². The second-order valence-corrected chi connectivity index (χ2v) is 18.1. The molecular formula is C61H37BN2. The predicted molar refractivity (Wildman–Crippen MR) is 273 cm³/mol. The van der Waals surface area contributed by atoms with Crippen molar-refractivity contribution in [3.8, 4) is 44.8 Å². The monoisotopic (exact) mass is 808 g/mol. The molecule has 0 saturated carbocycles. The van der Waals surface area contributed by atoms with E-state index in [9.17, 15) is 0 Å². The average Bonchev–Trinajstić information content (AvgIpc) is 3.87. The van der Waals surface area contributed by atoms with E-state index in [0.717, 1.165) is 0 Å². The van der Waals surface area contributed by atoms with Gasteiger partial charge in [-0.2, -0.15) is 0 Å². The number of benzene rings is 11. The highest BCUT2D eigenvalue weighted by atomic mass is 15.0. The minimum Gasteiger partial charge on any atom is -0.310 e. The van der Waals surface area contributed by atoms with Crippen LogP contribution in [0.4, 0.5) is 0 Å². The van der Waals surface area contributed by atoms with Crippen LogP contribution in [0, 0.1) is 6.92 Å². The molecule has 64 heavy (non-hydrogen) atoms. The first kappa shape index (κ1) is 34.5. The molecule has 2 aromatic heterocycles. The highest BCUT2D eigenvalue weighted by Gasteiger charge is 2.42. The van der Waals surface area contributed by atoms with Gasteiger partial charge in [-0.1, -0.05) is 170 Å². The van der Waals surface area contributed by atoms with Crippen molar-refractivity contribution in [1.82, 2.24) is 9.13 Å². The summed E-state index contributed by atoms with van der Waals surface area (Å²) in [7, 11) is 0. The van der Waals surface area contributed by atoms with Crippen LogP contribution in [0.5, 0.6) is 0 Å². The van der Waals surface area contributed by atoms with Gasteiger partial charge >= 0.3 is 0 Å². The fourth-order valence-corrected chi connectivity index (χ4v) is 12.0. The lowest BCUT2D eigenvalue weighted by atomic mass is 9.34. The molecule has 15 rings (SSSR count). The number of aryl methyl sites for hydroxylation is 1. The van der Waals surface area contributed by atoms with Gasteiger partial charge in [-0.05, 0) is 131 Å². The summed E-state index contributed by atoms with van der Waals surface area (Å²) in [6, 6.07) is 77.9. The summed E-state index contributed by atoms with van der Waals surface area (Å²) in [6.07, 6.45) is 0. The lowest BCUT2D eigenvalue weighted by Crippen LogP contribution is -2.59. The van der Waals surface area contributed by atoms with Crippen molar-refractivity contribution in [2.45, 2.75) is 6.92 Å². The van der Waals surface area contributed by atoms with Gasteiger partial charge in [0.1, 0.15) is 0 Å². The van der Waals surface area contributed by atoms with Gasteiger partial charge in [0.25, 0.3) is 6.71 Å². The van der Waals surface area contributed by atoms with Crippen LogP contribution in [0.2, 0.25) is 0 Å². The smallest absolute Gasteiger partial charge is 0.252 e. The Morgan fingerprint density at radius 3 is 1.78 bits per heavy atom. The summed E-state index contributed by atoms with van der Waals surface area (Å²) in [5, 5.41) is 12.9. The molecule has 11 aromatic carbocycles. The van der Waals surface area contributed by atoms with Crippen molar-refractivity contribution in [2.75, 3.05) is 0 Å². The average molecular weight is 809 g/mol. The molecular weight excluding hydrogens is 771 g/mol. The van der Waals surface area contributed by atoms with E-state index in [2.05, 4.69) is 222 Å². The molecule has 0 saturated heterocycles. The van der Waals surface area contributed by atoms with Gasteiger partial charge in [-0.15, -0.1) is 0 Å². The molecule has 2 aliphatic heterocycles. The van der Waals surface area contributed by atoms with Crippen LogP contribution in [0.3, 0.4) is 0 Å². The molecule has 0 unspecified atom stereocenters. The van der Waals surface area contributed by atoms with Crippen LogP contribution in [-0.2, 0) is 0 Å². The Morgan fingerprint density at radius 2 is 0.984 bits per heavy atom. The van der Waals surface area contributed by atoms with Crippen LogP contribution < -0.4 is 16.4 Å². The summed E-state index contributed by atoms with van der Waals surface area (Å²) < 4.78 is 5.28. The molecule has 13 aromatic rings. The summed E-state index contributed by atoms with van der Waals surface area (Å²) in [6.45, 7) is 2.22. The highest BCUT2D eigenvalue weighted by Crippen LogP contribution is 2.45. The molecule has 2 aliphatic rings. The van der Waals surface area contributed by atoms with E-state index in [1.54, 1.807) is 0 Å². The Morgan fingerprint density at radius 1 is 0.344 bits per heavy atom. The standard InChI is InChI=1S/C61H37BN2/c1-36-23-27-48-54(29-36)64-56-35-44(46-22-12-19-39-17-8-10-20-45(39)46)34-55-59(56)62(52-32-42-25-24-40-18-9-11-21-47(40)57(42)58(48)61(52)64)51-33-43(38-15-6-3-7-16-38)31-50-49-30-41(37-13-4-2-5-14-37)26-28-53(49)63(55)60(50)51/h2-35H,1H3. The first-order valence-electron chi connectivity index (χ1n) is 22.5. The van der Waals surface area contributed by atoms with Crippen LogP contribution in [0.1, 0.15) is 5.56 Å². The molecule has 3 heteroatoms. The Hall–Kier alpha value is -8.14. The topological polar surface area (TPSA) is 9.86 Å². The maximum Gasteiger partial charge on any atom is 0.252 e. The second kappa shape index (κ2) is 12.5. The van der Waals surface area contributed by atoms with Crippen molar-refractivity contribution in [3.05, 3.63) is 212 Å². The Balaban J connectivity index is 1.18. The van der Waals surface area contributed by atoms with E-state index < -0.39 is 0 Å². The molecule has 2 nitrogen and oxygen atoms in total. The Kier molecular flexibility index (Phi) is 6.73. The SMILES string of the molecule is Cc1ccc2c3c4c(ccc5ccccc54)cc4c3n(c2c1)-c1cc(-c2cccc3ccccc23)cc2c1B4c1cc(-c3ccccc3)cc3c4cc(-c5ccccc5)ccc4n-2c13. The molecule has 294 valence electrons. The molecule has 0 amide bonds. The number of fused-ring (bicyclic) bond motifs is 15. The van der Waals surface area contributed by atoms with Crippen molar-refractivity contribution in [2.24, 2.45) is 0 Å². The third-order valence-corrected chi connectivity index (χ3v) is 14.7. The lowest BCUT2D eigenvalue weighted by molar-refractivity contribution is 1.14. The third kappa shape index (κ3) is 4.50. The van der Waals surface area contributed by atoms with E-state index in [1.165, 1.54) is 143 Å². The zero-order valence-corrected chi connectivity index (χ0v) is 35.1. The number of rotatable bonds is 3. The highest BCUT2D eigenvalue weighted by molar-refractivity contribution is 7.00. The molecule has 0 atom stereocenters. The first-order valence-corrected chi connectivity index (χ1v) is 22.5. The number of hydrogen-bond donors (Lipinski definition) is 0. The fourth-order valence-electron chi connectivity index (χ4n) is 12.0. The van der Waals surface area contributed by atoms with Gasteiger partial charge in [0, 0.05) is 38.4 Å². The van der Waals surface area contributed by atoms with Gasteiger partial charge < -0.3 is 9.13 Å². The van der Waals surface area contributed by atoms with Crippen molar-refractivity contribution in [1.29, 1.82) is 0 Å². The molecule has 0 radical (unpaired) electrons. The van der Waals surface area contributed by atoms with Crippen molar-refractivity contribution in [3.63, 3.8) is 0 Å². The number of aromatic nitrogens is 2. The van der Waals surface area contributed by atoms with E-state index in [4.69, 9.17) is 0 Å². The lowest BCUT2D eigenvalue weighted by Gasteiger charge is -2.35. The molecule has 0 fully saturated rings. The zero-order valence-electron chi connectivity index (χ0n) is 35.1. The van der Waals surface area contributed by atoms with Crippen LogP contribution in [-0.4, -0.2) is 15.8 Å². The Labute approximate surface area is 370 Å². The van der Waals surface area contributed by atoms with E-state index in [1.807, 2.05) is 0 Å². The van der Waals surface area contributed by atoms with Gasteiger partial charge in [0.05, 0.1) is 16.6 Å². The number of nitrogens with zero attached hydrogens (tertiary/aromatic N) is 2. The molecule has 0 N–H and O–H groups in total. The summed E-state index contributed by atoms with van der Waals surface area (Å²) >= 11 is 0. The number of hydrogen-bond acceptors (Lipinski definition) is 0. The minimum absolute atomic E-state index is 0.0144. The van der Waals surface area contributed by atoms with Gasteiger partial charge in [0.2, 0.25) is 0 Å². The minimum atomic E-state index is -0.0144. The van der Waals surface area contributed by atoms with E-state index >= 15 is 0 Å². The molecule has 0 aliphatic carbocycles. The maximum atomic E-state index is 2.65. The van der Waals surface area contributed by atoms with Crippen molar-refractivity contribution < 1.29 is 0 Å². The van der Waals surface area contributed by atoms with E-state index in [-0.39, 0.29) is 6.71 Å². The Bertz CT molecular complexity index is 4190. The maximum absolute atomic E-state index is 2.65. The zero-order chi connectivity index (χ0) is 41.8. The van der Waals surface area contributed by atoms with Crippen LogP contribution in [0.15, 0.2) is 206 Å². The second-order valence-electron chi connectivity index (χ2n) is 18.1. The summed E-state index contributed by atoms with van der Waals surface area (Å²) in [4.78, 5) is 0. The molecule has 0 spiro atoms. The van der Waals surface area contributed by atoms with Crippen LogP contribution in [0.25, 0.3) is 121 Å². The normalized spacial score (nSPS) is 12.7. The molecule has 4 heterocycles. The van der Waals surface area contributed by atoms with Gasteiger partial charge in [-0.25, -0.2) is 0 Å². The fraction of sp³-hybridized carbons (Fsp3) is 0.0164. The summed E-state index contributed by atoms with van der Waals surface area (Å²) in [5.74, 6) is 0. The first-order chi connectivity index (χ1) is 31.7. The van der Waals surface area contributed by atoms with Gasteiger partial charge in [0.15, 0.2) is 0 Å². The molecule has 0 bridgehead atoms. The summed E-state index contributed by atoms with van der Waals surface area (Å²) in [5.41, 5.74) is 20.4. The largest absolute Gasteiger partial charge is 0.310 e. The predicted octanol–water partition coefficient (Wildman–Crippen LogP) is 13.8. The van der Waals surface area contributed by atoms with E-state index in [0.29, 0.717) is 0 Å².